The highest BCUT2D eigenvalue weighted by Gasteiger charge is 2.03. The normalized spacial score (nSPS) is 10.2. The average molecular weight is 290 g/mol. The predicted octanol–water partition coefficient (Wildman–Crippen LogP) is 4.04. The van der Waals surface area contributed by atoms with Crippen LogP contribution in [0.25, 0.3) is 0 Å². The van der Waals surface area contributed by atoms with Crippen molar-refractivity contribution in [2.45, 2.75) is 16.8 Å². The second-order valence-electron chi connectivity index (χ2n) is 3.87. The Hall–Kier alpha value is -1.46. The molecule has 0 aliphatic carbocycles. The maximum absolute atomic E-state index is 10.7. The molecule has 1 aromatic heterocycles. The van der Waals surface area contributed by atoms with E-state index in [9.17, 15) is 4.79 Å². The molecule has 0 saturated carbocycles. The highest BCUT2D eigenvalue weighted by molar-refractivity contribution is 8.00. The van der Waals surface area contributed by atoms with Gasteiger partial charge in [0.1, 0.15) is 5.03 Å². The van der Waals surface area contributed by atoms with Crippen molar-refractivity contribution in [1.82, 2.24) is 4.98 Å². The topological polar surface area (TPSA) is 42.0 Å². The number of hydrogen-bond acceptors (Lipinski definition) is 5. The quantitative estimate of drug-likeness (QED) is 0.665. The lowest BCUT2D eigenvalue weighted by Crippen LogP contribution is -1.91. The van der Waals surface area contributed by atoms with Gasteiger partial charge in [0.05, 0.1) is 0 Å². The average Bonchev–Trinajstić information content (AvgIpc) is 2.42. The lowest BCUT2D eigenvalue weighted by Gasteiger charge is -2.05. The number of hydrogen-bond donors (Lipinski definition) is 1. The van der Waals surface area contributed by atoms with Crippen LogP contribution in [0.4, 0.5) is 5.69 Å². The van der Waals surface area contributed by atoms with Crippen LogP contribution >= 0.6 is 23.7 Å². The second kappa shape index (κ2) is 6.63. The number of aldehydes is 1. The molecule has 0 bridgehead atoms. The predicted molar refractivity (Wildman–Crippen MR) is 82.1 cm³/mol. The Labute approximate surface area is 121 Å². The van der Waals surface area contributed by atoms with E-state index < -0.39 is 0 Å². The van der Waals surface area contributed by atoms with Crippen LogP contribution < -0.4 is 4.72 Å². The first-order valence-electron chi connectivity index (χ1n) is 5.72. The SMILES string of the molecule is CSNc1ccc(Sc2ccc(C=O)c(C)n2)cc1. The van der Waals surface area contributed by atoms with Crippen molar-refractivity contribution >= 4 is 35.7 Å². The largest absolute Gasteiger partial charge is 0.330 e. The Kier molecular flexibility index (Phi) is 4.87. The summed E-state index contributed by atoms with van der Waals surface area (Å²) in [6.45, 7) is 1.85. The third kappa shape index (κ3) is 3.75. The Morgan fingerprint density at radius 1 is 1.16 bits per heavy atom. The monoisotopic (exact) mass is 290 g/mol. The first-order chi connectivity index (χ1) is 9.22. The van der Waals surface area contributed by atoms with Crippen LogP contribution in [-0.4, -0.2) is 17.5 Å². The molecule has 0 radical (unpaired) electrons. The molecule has 0 unspecified atom stereocenters. The minimum absolute atomic E-state index is 0.642. The molecule has 1 aromatic carbocycles. The van der Waals surface area contributed by atoms with E-state index in [0.717, 1.165) is 27.6 Å². The van der Waals surface area contributed by atoms with E-state index in [2.05, 4.69) is 9.71 Å². The van der Waals surface area contributed by atoms with E-state index in [-0.39, 0.29) is 0 Å². The number of carbonyl (C=O) groups is 1. The molecule has 5 heteroatoms. The molecule has 2 rings (SSSR count). The zero-order chi connectivity index (χ0) is 13.7. The maximum Gasteiger partial charge on any atom is 0.151 e. The minimum Gasteiger partial charge on any atom is -0.330 e. The van der Waals surface area contributed by atoms with Crippen LogP contribution in [0.5, 0.6) is 0 Å². The number of nitrogens with zero attached hydrogens (tertiary/aromatic N) is 1. The molecule has 0 aliphatic rings. The van der Waals surface area contributed by atoms with Gasteiger partial charge >= 0.3 is 0 Å². The van der Waals surface area contributed by atoms with Gasteiger partial charge < -0.3 is 4.72 Å². The third-order valence-electron chi connectivity index (χ3n) is 2.52. The van der Waals surface area contributed by atoms with Gasteiger partial charge in [-0.3, -0.25) is 4.79 Å². The molecular formula is C14H14N2OS2. The summed E-state index contributed by atoms with van der Waals surface area (Å²) >= 11 is 3.15. The smallest absolute Gasteiger partial charge is 0.151 e. The van der Waals surface area contributed by atoms with Gasteiger partial charge in [-0.2, -0.15) is 0 Å². The molecule has 0 fully saturated rings. The molecule has 0 atom stereocenters. The molecule has 1 heterocycles. The molecule has 19 heavy (non-hydrogen) atoms. The highest BCUT2D eigenvalue weighted by Crippen LogP contribution is 2.28. The lowest BCUT2D eigenvalue weighted by atomic mass is 10.2. The number of aromatic nitrogens is 1. The van der Waals surface area contributed by atoms with Gasteiger partial charge in [0.15, 0.2) is 6.29 Å². The van der Waals surface area contributed by atoms with Crippen LogP contribution in [0.2, 0.25) is 0 Å². The molecule has 0 spiro atoms. The maximum atomic E-state index is 10.7. The van der Waals surface area contributed by atoms with Gasteiger partial charge in [0.25, 0.3) is 0 Å². The first-order valence-corrected chi connectivity index (χ1v) is 7.77. The van der Waals surface area contributed by atoms with Gasteiger partial charge in [-0.25, -0.2) is 4.98 Å². The summed E-state index contributed by atoms with van der Waals surface area (Å²) in [7, 11) is 0. The van der Waals surface area contributed by atoms with Crippen molar-refractivity contribution in [3.8, 4) is 0 Å². The fourth-order valence-corrected chi connectivity index (χ4v) is 2.76. The number of rotatable bonds is 5. The summed E-state index contributed by atoms with van der Waals surface area (Å²) < 4.78 is 3.18. The summed E-state index contributed by atoms with van der Waals surface area (Å²) in [4.78, 5) is 16.3. The third-order valence-corrected chi connectivity index (χ3v) is 3.91. The molecule has 0 amide bonds. The molecular weight excluding hydrogens is 276 g/mol. The van der Waals surface area contributed by atoms with Crippen molar-refractivity contribution in [3.63, 3.8) is 0 Å². The van der Waals surface area contributed by atoms with E-state index in [1.807, 2.05) is 43.5 Å². The Bertz CT molecular complexity index is 570. The molecule has 1 N–H and O–H groups in total. The van der Waals surface area contributed by atoms with Crippen LogP contribution in [-0.2, 0) is 0 Å². The first kappa shape index (κ1) is 14.0. The van der Waals surface area contributed by atoms with Crippen molar-refractivity contribution < 1.29 is 4.79 Å². The van der Waals surface area contributed by atoms with E-state index in [1.165, 1.54) is 0 Å². The van der Waals surface area contributed by atoms with Crippen LogP contribution in [0.1, 0.15) is 16.1 Å². The molecule has 0 aliphatic heterocycles. The zero-order valence-corrected chi connectivity index (χ0v) is 12.3. The fourth-order valence-electron chi connectivity index (χ4n) is 1.56. The van der Waals surface area contributed by atoms with Gasteiger partial charge in [0, 0.05) is 28.1 Å². The second-order valence-corrected chi connectivity index (χ2v) is 5.58. The van der Waals surface area contributed by atoms with Crippen molar-refractivity contribution in [3.05, 3.63) is 47.7 Å². The Morgan fingerprint density at radius 2 is 1.89 bits per heavy atom. The number of aryl methyl sites for hydroxylation is 1. The van der Waals surface area contributed by atoms with Crippen LogP contribution in [0, 0.1) is 6.92 Å². The lowest BCUT2D eigenvalue weighted by molar-refractivity contribution is 0.112. The van der Waals surface area contributed by atoms with E-state index in [4.69, 9.17) is 0 Å². The highest BCUT2D eigenvalue weighted by atomic mass is 32.2. The molecule has 3 nitrogen and oxygen atoms in total. The van der Waals surface area contributed by atoms with Gasteiger partial charge in [-0.1, -0.05) is 23.7 Å². The fraction of sp³-hybridized carbons (Fsp3) is 0.143. The number of pyridine rings is 1. The van der Waals surface area contributed by atoms with Crippen molar-refractivity contribution in [1.29, 1.82) is 0 Å². The number of nitrogens with one attached hydrogen (secondary N) is 1. The number of carbonyl (C=O) groups excluding carboxylic acids is 1. The zero-order valence-electron chi connectivity index (χ0n) is 10.7. The standard InChI is InChI=1S/C14H14N2OS2/c1-10-11(9-17)3-8-14(15-10)19-13-6-4-12(5-7-13)16-18-2/h3-9,16H,1-2H3. The Balaban J connectivity index is 2.12. The van der Waals surface area contributed by atoms with E-state index in [1.54, 1.807) is 29.8 Å². The van der Waals surface area contributed by atoms with Gasteiger partial charge in [-0.05, 0) is 43.3 Å². The summed E-state index contributed by atoms with van der Waals surface area (Å²) in [6, 6.07) is 11.8. The van der Waals surface area contributed by atoms with Gasteiger partial charge in [0.2, 0.25) is 0 Å². The minimum atomic E-state index is 0.642. The summed E-state index contributed by atoms with van der Waals surface area (Å²) in [5.74, 6) is 0. The van der Waals surface area contributed by atoms with Crippen molar-refractivity contribution in [2.75, 3.05) is 11.0 Å². The number of anilines is 1. The van der Waals surface area contributed by atoms with Crippen LogP contribution in [0.15, 0.2) is 46.3 Å². The molecule has 0 saturated heterocycles. The van der Waals surface area contributed by atoms with E-state index >= 15 is 0 Å². The molecule has 2 aromatic rings. The van der Waals surface area contributed by atoms with Gasteiger partial charge in [-0.15, -0.1) is 0 Å². The van der Waals surface area contributed by atoms with E-state index in [0.29, 0.717) is 5.56 Å². The molecule has 98 valence electrons. The number of benzene rings is 1. The Morgan fingerprint density at radius 3 is 2.47 bits per heavy atom. The summed E-state index contributed by atoms with van der Waals surface area (Å²) in [6.07, 6.45) is 2.82. The van der Waals surface area contributed by atoms with Crippen LogP contribution in [0.3, 0.4) is 0 Å². The summed E-state index contributed by atoms with van der Waals surface area (Å²) in [5.41, 5.74) is 2.49. The van der Waals surface area contributed by atoms with Crippen molar-refractivity contribution in [2.24, 2.45) is 0 Å². The summed E-state index contributed by atoms with van der Waals surface area (Å²) in [5, 5.41) is 0.897.